The molecule has 0 fully saturated rings. The standard InChI is InChI=1S/C15H22F2N2O3/c1-3-22-8-4-7-18-14(20)19-10-15(2,21)12-6-5-11(16)9-13(12)17/h5-6,9,21H,3-4,7-8,10H2,1-2H3,(H2,18,19,20). The quantitative estimate of drug-likeness (QED) is 0.642. The fourth-order valence-corrected chi connectivity index (χ4v) is 1.86. The van der Waals surface area contributed by atoms with Crippen molar-refractivity contribution in [3.63, 3.8) is 0 Å². The highest BCUT2D eigenvalue weighted by Gasteiger charge is 2.27. The molecule has 7 heteroatoms. The average Bonchev–Trinajstić information content (AvgIpc) is 2.44. The Kier molecular flexibility index (Phi) is 7.20. The number of ether oxygens (including phenoxy) is 1. The summed E-state index contributed by atoms with van der Waals surface area (Å²) >= 11 is 0. The summed E-state index contributed by atoms with van der Waals surface area (Å²) in [4.78, 5) is 11.6. The summed E-state index contributed by atoms with van der Waals surface area (Å²) in [7, 11) is 0. The van der Waals surface area contributed by atoms with Gasteiger partial charge in [0, 0.05) is 31.4 Å². The fourth-order valence-electron chi connectivity index (χ4n) is 1.86. The molecule has 3 N–H and O–H groups in total. The number of aliphatic hydroxyl groups is 1. The maximum Gasteiger partial charge on any atom is 0.314 e. The monoisotopic (exact) mass is 316 g/mol. The summed E-state index contributed by atoms with van der Waals surface area (Å²) in [5, 5.41) is 15.3. The Hall–Kier alpha value is -1.73. The van der Waals surface area contributed by atoms with Gasteiger partial charge in [-0.1, -0.05) is 6.07 Å². The van der Waals surface area contributed by atoms with Gasteiger partial charge in [-0.15, -0.1) is 0 Å². The number of urea groups is 1. The number of rotatable bonds is 8. The lowest BCUT2D eigenvalue weighted by molar-refractivity contribution is 0.0555. The average molecular weight is 316 g/mol. The molecule has 0 radical (unpaired) electrons. The van der Waals surface area contributed by atoms with Gasteiger partial charge in [-0.05, 0) is 26.3 Å². The minimum Gasteiger partial charge on any atom is -0.383 e. The summed E-state index contributed by atoms with van der Waals surface area (Å²) in [6.45, 7) is 4.63. The molecule has 1 aromatic rings. The molecule has 1 aromatic carbocycles. The van der Waals surface area contributed by atoms with Crippen LogP contribution in [0.3, 0.4) is 0 Å². The van der Waals surface area contributed by atoms with Gasteiger partial charge in [0.15, 0.2) is 0 Å². The van der Waals surface area contributed by atoms with Gasteiger partial charge in [-0.3, -0.25) is 0 Å². The van der Waals surface area contributed by atoms with E-state index in [1.54, 1.807) is 0 Å². The lowest BCUT2D eigenvalue weighted by Crippen LogP contribution is -2.44. The van der Waals surface area contributed by atoms with E-state index in [1.165, 1.54) is 6.92 Å². The van der Waals surface area contributed by atoms with Gasteiger partial charge in [0.05, 0.1) is 6.54 Å². The van der Waals surface area contributed by atoms with E-state index < -0.39 is 23.3 Å². The van der Waals surface area contributed by atoms with E-state index in [2.05, 4.69) is 10.6 Å². The summed E-state index contributed by atoms with van der Waals surface area (Å²) in [5.41, 5.74) is -1.72. The third kappa shape index (κ3) is 5.95. The number of hydrogen-bond acceptors (Lipinski definition) is 3. The largest absolute Gasteiger partial charge is 0.383 e. The summed E-state index contributed by atoms with van der Waals surface area (Å²) < 4.78 is 31.6. The van der Waals surface area contributed by atoms with E-state index in [4.69, 9.17) is 4.74 Å². The molecule has 124 valence electrons. The smallest absolute Gasteiger partial charge is 0.314 e. The molecule has 0 bridgehead atoms. The Labute approximate surface area is 128 Å². The van der Waals surface area contributed by atoms with E-state index in [1.807, 2.05) is 6.92 Å². The van der Waals surface area contributed by atoms with Gasteiger partial charge in [0.2, 0.25) is 0 Å². The zero-order chi connectivity index (χ0) is 16.6. The van der Waals surface area contributed by atoms with Crippen LogP contribution < -0.4 is 10.6 Å². The van der Waals surface area contributed by atoms with Crippen molar-refractivity contribution in [3.8, 4) is 0 Å². The third-order valence-electron chi connectivity index (χ3n) is 3.06. The highest BCUT2D eigenvalue weighted by molar-refractivity contribution is 5.73. The maximum atomic E-state index is 13.6. The first-order valence-corrected chi connectivity index (χ1v) is 7.14. The molecule has 0 saturated heterocycles. The summed E-state index contributed by atoms with van der Waals surface area (Å²) in [6.07, 6.45) is 0.671. The van der Waals surface area contributed by atoms with Crippen LogP contribution in [-0.4, -0.2) is 37.4 Å². The van der Waals surface area contributed by atoms with Crippen molar-refractivity contribution in [2.45, 2.75) is 25.9 Å². The summed E-state index contributed by atoms with van der Waals surface area (Å²) in [5.74, 6) is -1.58. The maximum absolute atomic E-state index is 13.6. The van der Waals surface area contributed by atoms with E-state index in [0.29, 0.717) is 32.2 Å². The molecule has 5 nitrogen and oxygen atoms in total. The third-order valence-corrected chi connectivity index (χ3v) is 3.06. The number of benzene rings is 1. The van der Waals surface area contributed by atoms with E-state index in [-0.39, 0.29) is 12.1 Å². The molecule has 1 rings (SSSR count). The van der Waals surface area contributed by atoms with E-state index in [9.17, 15) is 18.7 Å². The summed E-state index contributed by atoms with van der Waals surface area (Å²) in [6, 6.07) is 2.43. The zero-order valence-electron chi connectivity index (χ0n) is 12.8. The second kappa shape index (κ2) is 8.65. The van der Waals surface area contributed by atoms with Crippen molar-refractivity contribution in [1.82, 2.24) is 10.6 Å². The Bertz CT molecular complexity index is 496. The van der Waals surface area contributed by atoms with Crippen molar-refractivity contribution in [3.05, 3.63) is 35.4 Å². The molecule has 0 saturated carbocycles. The molecule has 1 unspecified atom stereocenters. The minimum absolute atomic E-state index is 0.0782. The predicted molar refractivity (Wildman–Crippen MR) is 78.4 cm³/mol. The Balaban J connectivity index is 2.43. The Morgan fingerprint density at radius 1 is 1.36 bits per heavy atom. The first kappa shape index (κ1) is 18.3. The molecule has 0 heterocycles. The van der Waals surface area contributed by atoms with Gasteiger partial charge in [0.25, 0.3) is 0 Å². The number of hydrogen-bond donors (Lipinski definition) is 3. The number of carbonyl (C=O) groups excluding carboxylic acids is 1. The minimum atomic E-state index is -1.64. The van der Waals surface area contributed by atoms with Gasteiger partial charge >= 0.3 is 6.03 Å². The SMILES string of the molecule is CCOCCCNC(=O)NCC(C)(O)c1ccc(F)cc1F. The van der Waals surface area contributed by atoms with E-state index in [0.717, 1.165) is 12.1 Å². The lowest BCUT2D eigenvalue weighted by Gasteiger charge is -2.24. The van der Waals surface area contributed by atoms with Gasteiger partial charge < -0.3 is 20.5 Å². The normalized spacial score (nSPS) is 13.5. The second-order valence-electron chi connectivity index (χ2n) is 5.06. The molecule has 0 aromatic heterocycles. The topological polar surface area (TPSA) is 70.6 Å². The second-order valence-corrected chi connectivity index (χ2v) is 5.06. The first-order chi connectivity index (χ1) is 10.4. The Morgan fingerprint density at radius 3 is 2.73 bits per heavy atom. The lowest BCUT2D eigenvalue weighted by atomic mass is 9.95. The molecule has 0 aliphatic rings. The van der Waals surface area contributed by atoms with Crippen molar-refractivity contribution >= 4 is 6.03 Å². The van der Waals surface area contributed by atoms with Crippen LogP contribution in [0.15, 0.2) is 18.2 Å². The zero-order valence-corrected chi connectivity index (χ0v) is 12.8. The van der Waals surface area contributed by atoms with Gasteiger partial charge in [0.1, 0.15) is 17.2 Å². The van der Waals surface area contributed by atoms with Crippen LogP contribution in [0, 0.1) is 11.6 Å². The molecule has 0 spiro atoms. The van der Waals surface area contributed by atoms with Gasteiger partial charge in [-0.2, -0.15) is 0 Å². The van der Waals surface area contributed by atoms with Crippen LogP contribution in [0.1, 0.15) is 25.8 Å². The molecule has 0 aliphatic carbocycles. The molecular weight excluding hydrogens is 294 g/mol. The first-order valence-electron chi connectivity index (χ1n) is 7.14. The van der Waals surface area contributed by atoms with Crippen molar-refractivity contribution in [2.75, 3.05) is 26.3 Å². The van der Waals surface area contributed by atoms with Crippen LogP contribution in [0.4, 0.5) is 13.6 Å². The fraction of sp³-hybridized carbons (Fsp3) is 0.533. The predicted octanol–water partition coefficient (Wildman–Crippen LogP) is 1.90. The molecule has 0 aliphatic heterocycles. The number of halogens is 2. The van der Waals surface area contributed by atoms with Crippen LogP contribution in [0.2, 0.25) is 0 Å². The highest BCUT2D eigenvalue weighted by atomic mass is 19.1. The molecule has 2 amide bonds. The number of amides is 2. The van der Waals surface area contributed by atoms with Crippen LogP contribution in [0.5, 0.6) is 0 Å². The van der Waals surface area contributed by atoms with Crippen molar-refractivity contribution in [1.29, 1.82) is 0 Å². The number of nitrogens with one attached hydrogen (secondary N) is 2. The van der Waals surface area contributed by atoms with E-state index >= 15 is 0 Å². The Morgan fingerprint density at radius 2 is 2.09 bits per heavy atom. The van der Waals surface area contributed by atoms with Crippen LogP contribution in [-0.2, 0) is 10.3 Å². The molecule has 1 atom stereocenters. The van der Waals surface area contributed by atoms with Crippen molar-refractivity contribution < 1.29 is 23.4 Å². The molecule has 22 heavy (non-hydrogen) atoms. The number of carbonyl (C=O) groups is 1. The van der Waals surface area contributed by atoms with Crippen LogP contribution in [0.25, 0.3) is 0 Å². The van der Waals surface area contributed by atoms with Gasteiger partial charge in [-0.25, -0.2) is 13.6 Å². The molecular formula is C15H22F2N2O3. The van der Waals surface area contributed by atoms with Crippen molar-refractivity contribution in [2.24, 2.45) is 0 Å². The highest BCUT2D eigenvalue weighted by Crippen LogP contribution is 2.23. The van der Waals surface area contributed by atoms with Crippen LogP contribution >= 0.6 is 0 Å².